The first-order chi connectivity index (χ1) is 11.2. The fourth-order valence-corrected chi connectivity index (χ4v) is 2.03. The van der Waals surface area contributed by atoms with E-state index in [4.69, 9.17) is 9.47 Å². The lowest BCUT2D eigenvalue weighted by molar-refractivity contribution is -0.0548. The van der Waals surface area contributed by atoms with Crippen LogP contribution in [0, 0.1) is 0 Å². The minimum absolute atomic E-state index is 0.204. The van der Waals surface area contributed by atoms with E-state index >= 15 is 0 Å². The molecule has 0 fully saturated rings. The number of rotatable bonds is 7. The van der Waals surface area contributed by atoms with Gasteiger partial charge in [-0.15, -0.1) is 0 Å². The van der Waals surface area contributed by atoms with Crippen molar-refractivity contribution in [2.45, 2.75) is 19.6 Å². The van der Waals surface area contributed by atoms with Gasteiger partial charge in [-0.1, -0.05) is 55.5 Å². The first kappa shape index (κ1) is 16.8. The molecule has 23 heavy (non-hydrogen) atoms. The van der Waals surface area contributed by atoms with E-state index in [0.29, 0.717) is 0 Å². The van der Waals surface area contributed by atoms with Gasteiger partial charge in [0.05, 0.1) is 0 Å². The molecule has 120 valence electrons. The summed E-state index contributed by atoms with van der Waals surface area (Å²) in [5.41, 5.74) is 2.14. The van der Waals surface area contributed by atoms with Crippen LogP contribution in [0.3, 0.4) is 0 Å². The largest absolute Gasteiger partial charge is 0.508 e. The smallest absolute Gasteiger partial charge is 0.199 e. The number of methoxy groups -OCH3 is 1. The maximum absolute atomic E-state index is 9.23. The number of phenolic OH excluding ortho intramolecular Hbond substituents is 1. The van der Waals surface area contributed by atoms with E-state index in [-0.39, 0.29) is 12.0 Å². The molecule has 0 aromatic heterocycles. The number of aromatic hydroxyl groups is 1. The second-order valence-corrected chi connectivity index (χ2v) is 5.07. The highest BCUT2D eigenvalue weighted by molar-refractivity contribution is 5.57. The lowest BCUT2D eigenvalue weighted by Crippen LogP contribution is -2.17. The molecule has 1 N–H and O–H groups in total. The predicted octanol–water partition coefficient (Wildman–Crippen LogP) is 4.88. The molecule has 3 heteroatoms. The highest BCUT2D eigenvalue weighted by atomic mass is 16.7. The third-order valence-electron chi connectivity index (χ3n) is 3.33. The van der Waals surface area contributed by atoms with E-state index in [2.05, 4.69) is 0 Å². The molecule has 0 spiro atoms. The standard InChI is InChI=1S/C20H22O3/c1-3-20(22-2)23-19-14-10-17(11-15-19)7-5-4-6-16-8-12-18(21)13-9-16/h4-15,20-21H,3H2,1-2H3. The summed E-state index contributed by atoms with van der Waals surface area (Å²) in [6.07, 6.45) is 8.55. The zero-order valence-electron chi connectivity index (χ0n) is 13.5. The molecule has 0 saturated carbocycles. The van der Waals surface area contributed by atoms with Crippen molar-refractivity contribution in [1.29, 1.82) is 0 Å². The second-order valence-electron chi connectivity index (χ2n) is 5.07. The van der Waals surface area contributed by atoms with Crippen LogP contribution in [-0.4, -0.2) is 18.5 Å². The van der Waals surface area contributed by atoms with E-state index in [1.54, 1.807) is 19.2 Å². The Morgan fingerprint density at radius 1 is 0.913 bits per heavy atom. The quantitative estimate of drug-likeness (QED) is 0.585. The minimum Gasteiger partial charge on any atom is -0.508 e. The van der Waals surface area contributed by atoms with Gasteiger partial charge in [-0.05, 0) is 35.4 Å². The van der Waals surface area contributed by atoms with Crippen LogP contribution in [0.5, 0.6) is 11.5 Å². The van der Waals surface area contributed by atoms with Gasteiger partial charge in [-0.2, -0.15) is 0 Å². The maximum Gasteiger partial charge on any atom is 0.199 e. The molecule has 0 aliphatic heterocycles. The summed E-state index contributed by atoms with van der Waals surface area (Å²) in [5, 5.41) is 9.23. The van der Waals surface area contributed by atoms with Crippen molar-refractivity contribution in [3.63, 3.8) is 0 Å². The van der Waals surface area contributed by atoms with Crippen LogP contribution >= 0.6 is 0 Å². The van der Waals surface area contributed by atoms with E-state index < -0.39 is 0 Å². The fourth-order valence-electron chi connectivity index (χ4n) is 2.03. The molecule has 2 aromatic rings. The SMILES string of the molecule is CCC(OC)Oc1ccc(C=CC=Cc2ccc(O)cc2)cc1. The lowest BCUT2D eigenvalue weighted by atomic mass is 10.2. The maximum atomic E-state index is 9.23. The summed E-state index contributed by atoms with van der Waals surface area (Å²) in [6.45, 7) is 2.02. The van der Waals surface area contributed by atoms with Gasteiger partial charge in [-0.25, -0.2) is 0 Å². The fraction of sp³-hybridized carbons (Fsp3) is 0.200. The van der Waals surface area contributed by atoms with Gasteiger partial charge in [-0.3, -0.25) is 0 Å². The Morgan fingerprint density at radius 3 is 1.91 bits per heavy atom. The summed E-state index contributed by atoms with van der Waals surface area (Å²) in [4.78, 5) is 0. The summed E-state index contributed by atoms with van der Waals surface area (Å²) in [7, 11) is 1.64. The molecule has 0 radical (unpaired) electrons. The Bertz CT molecular complexity index is 636. The average Bonchev–Trinajstić information content (AvgIpc) is 2.59. The molecule has 0 aliphatic rings. The number of hydrogen-bond donors (Lipinski definition) is 1. The highest BCUT2D eigenvalue weighted by Crippen LogP contribution is 2.16. The van der Waals surface area contributed by atoms with Crippen molar-refractivity contribution in [2.24, 2.45) is 0 Å². The minimum atomic E-state index is -0.204. The van der Waals surface area contributed by atoms with Crippen molar-refractivity contribution in [3.8, 4) is 11.5 Å². The molecule has 3 nitrogen and oxygen atoms in total. The normalized spacial score (nSPS) is 12.8. The molecular weight excluding hydrogens is 288 g/mol. The zero-order valence-corrected chi connectivity index (χ0v) is 13.5. The first-order valence-corrected chi connectivity index (χ1v) is 7.64. The van der Waals surface area contributed by atoms with E-state index in [1.165, 1.54) is 0 Å². The van der Waals surface area contributed by atoms with Gasteiger partial charge in [0.2, 0.25) is 0 Å². The van der Waals surface area contributed by atoms with Gasteiger partial charge in [0.1, 0.15) is 11.5 Å². The topological polar surface area (TPSA) is 38.7 Å². The van der Waals surface area contributed by atoms with Crippen LogP contribution in [-0.2, 0) is 4.74 Å². The molecule has 2 aromatic carbocycles. The van der Waals surface area contributed by atoms with E-state index in [9.17, 15) is 5.11 Å². The van der Waals surface area contributed by atoms with E-state index in [1.807, 2.05) is 67.6 Å². The second kappa shape index (κ2) is 8.81. The van der Waals surface area contributed by atoms with Gasteiger partial charge in [0, 0.05) is 13.5 Å². The Kier molecular flexibility index (Phi) is 6.45. The molecule has 1 atom stereocenters. The Labute approximate surface area is 137 Å². The van der Waals surface area contributed by atoms with Crippen LogP contribution < -0.4 is 4.74 Å². The van der Waals surface area contributed by atoms with Gasteiger partial charge in [0.25, 0.3) is 0 Å². The van der Waals surface area contributed by atoms with Crippen LogP contribution in [0.1, 0.15) is 24.5 Å². The summed E-state index contributed by atoms with van der Waals surface area (Å²) in [5.74, 6) is 1.08. The zero-order chi connectivity index (χ0) is 16.5. The molecule has 0 bridgehead atoms. The third kappa shape index (κ3) is 5.64. The number of allylic oxidation sites excluding steroid dienone is 2. The molecule has 0 heterocycles. The van der Waals surface area contributed by atoms with Crippen molar-refractivity contribution in [2.75, 3.05) is 7.11 Å². The number of benzene rings is 2. The van der Waals surface area contributed by atoms with Gasteiger partial charge >= 0.3 is 0 Å². The highest BCUT2D eigenvalue weighted by Gasteiger charge is 2.04. The van der Waals surface area contributed by atoms with Crippen LogP contribution in [0.25, 0.3) is 12.2 Å². The molecular formula is C20H22O3. The summed E-state index contributed by atoms with van der Waals surface area (Å²) < 4.78 is 10.9. The molecule has 0 aliphatic carbocycles. The summed E-state index contributed by atoms with van der Waals surface area (Å²) in [6, 6.07) is 15.0. The van der Waals surface area contributed by atoms with Crippen molar-refractivity contribution >= 4 is 12.2 Å². The van der Waals surface area contributed by atoms with Crippen LogP contribution in [0.2, 0.25) is 0 Å². The molecule has 0 saturated heterocycles. The van der Waals surface area contributed by atoms with Crippen LogP contribution in [0.15, 0.2) is 60.7 Å². The van der Waals surface area contributed by atoms with Crippen molar-refractivity contribution < 1.29 is 14.6 Å². The number of hydrogen-bond acceptors (Lipinski definition) is 3. The molecule has 2 rings (SSSR count). The first-order valence-electron chi connectivity index (χ1n) is 7.64. The van der Waals surface area contributed by atoms with Crippen molar-refractivity contribution in [3.05, 3.63) is 71.8 Å². The van der Waals surface area contributed by atoms with Crippen molar-refractivity contribution in [1.82, 2.24) is 0 Å². The molecule has 0 amide bonds. The number of ether oxygens (including phenoxy) is 2. The average molecular weight is 310 g/mol. The molecule has 1 unspecified atom stereocenters. The van der Waals surface area contributed by atoms with Crippen LogP contribution in [0.4, 0.5) is 0 Å². The third-order valence-corrected chi connectivity index (χ3v) is 3.33. The Hall–Kier alpha value is -2.52. The summed E-state index contributed by atoms with van der Waals surface area (Å²) >= 11 is 0. The predicted molar refractivity (Wildman–Crippen MR) is 94.3 cm³/mol. The Morgan fingerprint density at radius 2 is 1.43 bits per heavy atom. The van der Waals surface area contributed by atoms with Gasteiger partial charge in [0.15, 0.2) is 6.29 Å². The lowest BCUT2D eigenvalue weighted by Gasteiger charge is -2.15. The number of phenols is 1. The van der Waals surface area contributed by atoms with E-state index in [0.717, 1.165) is 23.3 Å². The Balaban J connectivity index is 1.91. The van der Waals surface area contributed by atoms with Gasteiger partial charge < -0.3 is 14.6 Å². The monoisotopic (exact) mass is 310 g/mol.